The SMILES string of the molecule is Cc1ccc(N(C)CCN(C)c2cccc(C)c2)cc1. The molecule has 0 saturated heterocycles. The number of aryl methyl sites for hydroxylation is 2. The van der Waals surface area contributed by atoms with Gasteiger partial charge in [-0.25, -0.2) is 0 Å². The largest absolute Gasteiger partial charge is 0.373 e. The van der Waals surface area contributed by atoms with Crippen LogP contribution in [-0.2, 0) is 0 Å². The molecule has 0 aliphatic rings. The van der Waals surface area contributed by atoms with Crippen molar-refractivity contribution in [2.75, 3.05) is 37.0 Å². The van der Waals surface area contributed by atoms with E-state index in [2.05, 4.69) is 86.3 Å². The van der Waals surface area contributed by atoms with E-state index in [1.165, 1.54) is 22.5 Å². The van der Waals surface area contributed by atoms with Gasteiger partial charge in [-0.15, -0.1) is 0 Å². The number of hydrogen-bond donors (Lipinski definition) is 0. The third-order valence-corrected chi connectivity index (χ3v) is 3.69. The van der Waals surface area contributed by atoms with Crippen LogP contribution in [0.25, 0.3) is 0 Å². The molecule has 2 heteroatoms. The molecule has 0 atom stereocenters. The van der Waals surface area contributed by atoms with Crippen LogP contribution in [0.4, 0.5) is 11.4 Å². The van der Waals surface area contributed by atoms with Crippen molar-refractivity contribution in [1.29, 1.82) is 0 Å². The molecule has 0 spiro atoms. The van der Waals surface area contributed by atoms with Crippen molar-refractivity contribution in [3.63, 3.8) is 0 Å². The molecular formula is C18H24N2. The summed E-state index contributed by atoms with van der Waals surface area (Å²) in [5.74, 6) is 0. The van der Waals surface area contributed by atoms with E-state index in [1.807, 2.05) is 0 Å². The highest BCUT2D eigenvalue weighted by molar-refractivity contribution is 5.49. The molecule has 0 N–H and O–H groups in total. The summed E-state index contributed by atoms with van der Waals surface area (Å²) in [5.41, 5.74) is 5.16. The average Bonchev–Trinajstić information content (AvgIpc) is 2.45. The van der Waals surface area contributed by atoms with Crippen molar-refractivity contribution >= 4 is 11.4 Å². The zero-order valence-corrected chi connectivity index (χ0v) is 12.9. The second-order valence-corrected chi connectivity index (χ2v) is 5.52. The second kappa shape index (κ2) is 6.47. The van der Waals surface area contributed by atoms with Crippen molar-refractivity contribution in [3.05, 3.63) is 59.7 Å². The van der Waals surface area contributed by atoms with Gasteiger partial charge in [-0.05, 0) is 43.7 Å². The summed E-state index contributed by atoms with van der Waals surface area (Å²) in [6.07, 6.45) is 0. The lowest BCUT2D eigenvalue weighted by atomic mass is 10.2. The lowest BCUT2D eigenvalue weighted by molar-refractivity contribution is 0.832. The Bertz CT molecular complexity index is 546. The molecule has 0 aliphatic carbocycles. The highest BCUT2D eigenvalue weighted by atomic mass is 15.2. The summed E-state index contributed by atoms with van der Waals surface area (Å²) in [6.45, 7) is 6.27. The van der Waals surface area contributed by atoms with Gasteiger partial charge in [0.1, 0.15) is 0 Å². The standard InChI is InChI=1S/C18H24N2/c1-15-8-10-17(11-9-15)19(3)12-13-20(4)18-7-5-6-16(2)14-18/h5-11,14H,12-13H2,1-4H3. The quantitative estimate of drug-likeness (QED) is 0.812. The summed E-state index contributed by atoms with van der Waals surface area (Å²) in [5, 5.41) is 0. The van der Waals surface area contributed by atoms with E-state index in [4.69, 9.17) is 0 Å². The van der Waals surface area contributed by atoms with Gasteiger partial charge in [-0.2, -0.15) is 0 Å². The molecule has 0 bridgehead atoms. The summed E-state index contributed by atoms with van der Waals surface area (Å²) >= 11 is 0. The van der Waals surface area contributed by atoms with Gasteiger partial charge in [-0.1, -0.05) is 29.8 Å². The van der Waals surface area contributed by atoms with E-state index in [9.17, 15) is 0 Å². The van der Waals surface area contributed by atoms with Gasteiger partial charge in [-0.3, -0.25) is 0 Å². The highest BCUT2D eigenvalue weighted by Crippen LogP contribution is 2.16. The summed E-state index contributed by atoms with van der Waals surface area (Å²) in [6, 6.07) is 17.3. The minimum Gasteiger partial charge on any atom is -0.373 e. The number of likely N-dealkylation sites (N-methyl/N-ethyl adjacent to an activating group) is 2. The Kier molecular flexibility index (Phi) is 4.67. The molecule has 0 unspecified atom stereocenters. The predicted octanol–water partition coefficient (Wildman–Crippen LogP) is 3.88. The number of anilines is 2. The van der Waals surface area contributed by atoms with Gasteiger partial charge >= 0.3 is 0 Å². The number of hydrogen-bond acceptors (Lipinski definition) is 2. The third-order valence-electron chi connectivity index (χ3n) is 3.69. The zero-order valence-electron chi connectivity index (χ0n) is 12.9. The molecule has 20 heavy (non-hydrogen) atoms. The van der Waals surface area contributed by atoms with Gasteiger partial charge in [0.05, 0.1) is 0 Å². The summed E-state index contributed by atoms with van der Waals surface area (Å²) < 4.78 is 0. The average molecular weight is 268 g/mol. The molecule has 0 radical (unpaired) electrons. The molecule has 0 aliphatic heterocycles. The van der Waals surface area contributed by atoms with Crippen LogP contribution in [0.1, 0.15) is 11.1 Å². The first-order valence-electron chi connectivity index (χ1n) is 7.12. The van der Waals surface area contributed by atoms with E-state index < -0.39 is 0 Å². The van der Waals surface area contributed by atoms with E-state index in [0.29, 0.717) is 0 Å². The molecule has 2 aromatic carbocycles. The van der Waals surface area contributed by atoms with Crippen LogP contribution in [0.2, 0.25) is 0 Å². The lowest BCUT2D eigenvalue weighted by Crippen LogP contribution is -2.30. The Balaban J connectivity index is 1.93. The lowest BCUT2D eigenvalue weighted by Gasteiger charge is -2.25. The molecule has 2 aromatic rings. The number of rotatable bonds is 5. The first-order chi connectivity index (χ1) is 9.56. The van der Waals surface area contributed by atoms with Gasteiger partial charge < -0.3 is 9.80 Å². The van der Waals surface area contributed by atoms with Crippen molar-refractivity contribution in [2.24, 2.45) is 0 Å². The van der Waals surface area contributed by atoms with Crippen molar-refractivity contribution in [1.82, 2.24) is 0 Å². The third kappa shape index (κ3) is 3.77. The number of benzene rings is 2. The maximum atomic E-state index is 2.30. The van der Waals surface area contributed by atoms with Crippen molar-refractivity contribution < 1.29 is 0 Å². The van der Waals surface area contributed by atoms with Crippen LogP contribution in [-0.4, -0.2) is 27.2 Å². The molecular weight excluding hydrogens is 244 g/mol. The van der Waals surface area contributed by atoms with Gasteiger partial charge in [0.2, 0.25) is 0 Å². The Morgan fingerprint density at radius 2 is 1.30 bits per heavy atom. The Hall–Kier alpha value is -1.96. The van der Waals surface area contributed by atoms with Gasteiger partial charge in [0.25, 0.3) is 0 Å². The Morgan fingerprint density at radius 3 is 1.90 bits per heavy atom. The molecule has 0 saturated carbocycles. The zero-order chi connectivity index (χ0) is 14.5. The van der Waals surface area contributed by atoms with Crippen LogP contribution in [0, 0.1) is 13.8 Å². The van der Waals surface area contributed by atoms with E-state index in [0.717, 1.165) is 13.1 Å². The Labute approximate surface area is 122 Å². The van der Waals surface area contributed by atoms with E-state index in [1.54, 1.807) is 0 Å². The van der Waals surface area contributed by atoms with Crippen LogP contribution in [0.3, 0.4) is 0 Å². The van der Waals surface area contributed by atoms with Gasteiger partial charge in [0, 0.05) is 38.6 Å². The second-order valence-electron chi connectivity index (χ2n) is 5.52. The molecule has 2 rings (SSSR count). The molecule has 0 aromatic heterocycles. The van der Waals surface area contributed by atoms with Crippen LogP contribution >= 0.6 is 0 Å². The number of nitrogens with zero attached hydrogens (tertiary/aromatic N) is 2. The van der Waals surface area contributed by atoms with Crippen molar-refractivity contribution in [3.8, 4) is 0 Å². The monoisotopic (exact) mass is 268 g/mol. The van der Waals surface area contributed by atoms with Crippen molar-refractivity contribution in [2.45, 2.75) is 13.8 Å². The van der Waals surface area contributed by atoms with E-state index in [-0.39, 0.29) is 0 Å². The fourth-order valence-electron chi connectivity index (χ4n) is 2.22. The highest BCUT2D eigenvalue weighted by Gasteiger charge is 2.04. The molecule has 106 valence electrons. The van der Waals surface area contributed by atoms with E-state index >= 15 is 0 Å². The van der Waals surface area contributed by atoms with Crippen LogP contribution in [0.5, 0.6) is 0 Å². The maximum Gasteiger partial charge on any atom is 0.0366 e. The molecule has 0 heterocycles. The summed E-state index contributed by atoms with van der Waals surface area (Å²) in [4.78, 5) is 4.60. The van der Waals surface area contributed by atoms with Crippen LogP contribution in [0.15, 0.2) is 48.5 Å². The van der Waals surface area contributed by atoms with Gasteiger partial charge in [0.15, 0.2) is 0 Å². The topological polar surface area (TPSA) is 6.48 Å². The summed E-state index contributed by atoms with van der Waals surface area (Å²) in [7, 11) is 4.30. The smallest absolute Gasteiger partial charge is 0.0366 e. The van der Waals surface area contributed by atoms with Crippen LogP contribution < -0.4 is 9.80 Å². The maximum absolute atomic E-state index is 2.30. The first kappa shape index (κ1) is 14.4. The molecule has 2 nitrogen and oxygen atoms in total. The fraction of sp³-hybridized carbons (Fsp3) is 0.333. The minimum atomic E-state index is 1.01. The molecule has 0 amide bonds. The predicted molar refractivity (Wildman–Crippen MR) is 88.9 cm³/mol. The first-order valence-corrected chi connectivity index (χ1v) is 7.12. The Morgan fingerprint density at radius 1 is 0.700 bits per heavy atom. The normalized spacial score (nSPS) is 10.4. The minimum absolute atomic E-state index is 1.01. The molecule has 0 fully saturated rings. The fourth-order valence-corrected chi connectivity index (χ4v) is 2.22.